The molecule has 4 atom stereocenters. The molecule has 0 saturated carbocycles. The van der Waals surface area contributed by atoms with Crippen molar-refractivity contribution in [2.75, 3.05) is 0 Å². The summed E-state index contributed by atoms with van der Waals surface area (Å²) in [6.07, 6.45) is 3.60. The van der Waals surface area contributed by atoms with Gasteiger partial charge in [-0.05, 0) is 23.1 Å². The third-order valence-corrected chi connectivity index (χ3v) is 6.91. The molecule has 3 nitrogen and oxygen atoms in total. The van der Waals surface area contributed by atoms with Crippen molar-refractivity contribution in [2.45, 2.75) is 30.7 Å². The summed E-state index contributed by atoms with van der Waals surface area (Å²) in [5.74, 6) is -0.670. The number of carbonyl (C=O) groups excluding carboxylic acids is 1. The van der Waals surface area contributed by atoms with Crippen LogP contribution in [0.4, 0.5) is 0 Å². The number of benzene rings is 2. The molecule has 0 radical (unpaired) electrons. The van der Waals surface area contributed by atoms with E-state index in [0.29, 0.717) is 4.32 Å². The first kappa shape index (κ1) is 18.4. The maximum absolute atomic E-state index is 13.2. The number of nitrogens with zero attached hydrogens (tertiary/aromatic N) is 1. The lowest BCUT2D eigenvalue weighted by molar-refractivity contribution is -0.134. The zero-order valence-corrected chi connectivity index (χ0v) is 16.6. The van der Waals surface area contributed by atoms with Crippen molar-refractivity contribution in [1.82, 2.24) is 4.90 Å². The van der Waals surface area contributed by atoms with Crippen molar-refractivity contribution in [2.24, 2.45) is 5.92 Å². The van der Waals surface area contributed by atoms with E-state index in [4.69, 9.17) is 12.2 Å². The van der Waals surface area contributed by atoms with Gasteiger partial charge in [0.2, 0.25) is 5.91 Å². The van der Waals surface area contributed by atoms with Crippen molar-refractivity contribution < 1.29 is 9.90 Å². The Kier molecular flexibility index (Phi) is 5.17. The summed E-state index contributed by atoms with van der Waals surface area (Å²) in [5.41, 5.74) is 3.47. The summed E-state index contributed by atoms with van der Waals surface area (Å²) in [7, 11) is 0. The summed E-state index contributed by atoms with van der Waals surface area (Å²) in [5, 5.41) is 10.8. The van der Waals surface area contributed by atoms with E-state index in [0.717, 1.165) is 12.0 Å². The van der Waals surface area contributed by atoms with E-state index in [1.165, 1.54) is 11.1 Å². The number of thiocarbonyl (C=S) groups is 1. The Balaban J connectivity index is 1.53. The quantitative estimate of drug-likeness (QED) is 0.787. The molecule has 4 rings (SSSR count). The van der Waals surface area contributed by atoms with Crippen LogP contribution in [-0.4, -0.2) is 31.6 Å². The molecule has 0 bridgehead atoms. The van der Waals surface area contributed by atoms with Gasteiger partial charge >= 0.3 is 0 Å². The molecule has 0 spiro atoms. The number of carbonyl (C=O) groups is 1. The van der Waals surface area contributed by atoms with E-state index in [-0.39, 0.29) is 17.2 Å². The van der Waals surface area contributed by atoms with Crippen LogP contribution in [0.3, 0.4) is 0 Å². The topological polar surface area (TPSA) is 40.5 Å². The van der Waals surface area contributed by atoms with Gasteiger partial charge in [-0.15, -0.1) is 0 Å². The number of thioether (sulfide) groups is 1. The van der Waals surface area contributed by atoms with Crippen LogP contribution in [0.1, 0.15) is 29.7 Å². The van der Waals surface area contributed by atoms with Crippen molar-refractivity contribution in [3.63, 3.8) is 0 Å². The lowest BCUT2D eigenvalue weighted by Crippen LogP contribution is -2.41. The van der Waals surface area contributed by atoms with Crippen LogP contribution in [0.5, 0.6) is 0 Å². The largest absolute Gasteiger partial charge is 0.388 e. The third kappa shape index (κ3) is 3.47. The average molecular weight is 396 g/mol. The van der Waals surface area contributed by atoms with Crippen LogP contribution >= 0.6 is 24.0 Å². The molecule has 138 valence electrons. The van der Waals surface area contributed by atoms with Gasteiger partial charge in [0.15, 0.2) is 0 Å². The molecule has 1 amide bonds. The molecule has 2 aliphatic rings. The molecule has 0 aromatic heterocycles. The second-order valence-electron chi connectivity index (χ2n) is 7.03. The Hall–Kier alpha value is -1.95. The molecule has 0 unspecified atom stereocenters. The standard InChI is InChI=1S/C22H21NO2S2/c1-14(18(24)12-11-15-7-3-2-4-8-15)21(25)23-20-17-10-6-5-9-16(17)13-19(20)27-22(23)26/h2-12,14,18-20,24H,13H2,1H3/b12-11+/t14-,18+,19-,20+/m1/s1. The lowest BCUT2D eigenvalue weighted by Gasteiger charge is -2.28. The summed E-state index contributed by atoms with van der Waals surface area (Å²) >= 11 is 7.12. The average Bonchev–Trinajstić information content (AvgIpc) is 3.20. The fourth-order valence-electron chi connectivity index (χ4n) is 3.78. The van der Waals surface area contributed by atoms with Gasteiger partial charge in [-0.2, -0.15) is 0 Å². The minimum atomic E-state index is -0.860. The van der Waals surface area contributed by atoms with Crippen LogP contribution in [0.15, 0.2) is 60.7 Å². The SMILES string of the molecule is C[C@@H](C(=O)N1C(=S)S[C@@H]2Cc3ccccc3[C@@H]21)[C@@H](O)/C=C/c1ccccc1. The van der Waals surface area contributed by atoms with Crippen LogP contribution in [0, 0.1) is 5.92 Å². The first-order chi connectivity index (χ1) is 13.1. The maximum atomic E-state index is 13.2. The van der Waals surface area contributed by atoms with Crippen molar-refractivity contribution >= 4 is 40.3 Å². The predicted octanol–water partition coefficient (Wildman–Crippen LogP) is 4.22. The van der Waals surface area contributed by atoms with Crippen LogP contribution < -0.4 is 0 Å². The normalized spacial score (nSPS) is 23.3. The fraction of sp³-hybridized carbons (Fsp3) is 0.273. The number of hydrogen-bond donors (Lipinski definition) is 1. The molecular formula is C22H21NO2S2. The molecule has 2 aromatic carbocycles. The number of aliphatic hydroxyl groups excluding tert-OH is 1. The lowest BCUT2D eigenvalue weighted by atomic mass is 9.99. The number of hydrogen-bond acceptors (Lipinski definition) is 4. The Morgan fingerprint density at radius 2 is 1.93 bits per heavy atom. The van der Waals surface area contributed by atoms with Gasteiger partial charge < -0.3 is 5.11 Å². The summed E-state index contributed by atoms with van der Waals surface area (Å²) in [6.45, 7) is 1.77. The highest BCUT2D eigenvalue weighted by molar-refractivity contribution is 8.23. The second-order valence-corrected chi connectivity index (χ2v) is 8.90. The van der Waals surface area contributed by atoms with E-state index >= 15 is 0 Å². The number of aliphatic hydroxyl groups is 1. The molecule has 5 heteroatoms. The van der Waals surface area contributed by atoms with Gasteiger partial charge in [-0.3, -0.25) is 9.69 Å². The fourth-order valence-corrected chi connectivity index (χ4v) is 5.59. The number of fused-ring (bicyclic) bond motifs is 3. The summed E-state index contributed by atoms with van der Waals surface area (Å²) in [4.78, 5) is 14.9. The van der Waals surface area contributed by atoms with Gasteiger partial charge in [0.1, 0.15) is 4.32 Å². The van der Waals surface area contributed by atoms with Gasteiger partial charge in [0.25, 0.3) is 0 Å². The monoisotopic (exact) mass is 395 g/mol. The zero-order chi connectivity index (χ0) is 19.0. The van der Waals surface area contributed by atoms with E-state index in [1.54, 1.807) is 29.7 Å². The second kappa shape index (κ2) is 7.58. The van der Waals surface area contributed by atoms with Crippen molar-refractivity contribution in [1.29, 1.82) is 0 Å². The van der Waals surface area contributed by atoms with E-state index in [1.807, 2.05) is 48.5 Å². The van der Waals surface area contributed by atoms with E-state index in [2.05, 4.69) is 12.1 Å². The Morgan fingerprint density at radius 3 is 2.70 bits per heavy atom. The zero-order valence-electron chi connectivity index (χ0n) is 15.0. The molecule has 1 N–H and O–H groups in total. The van der Waals surface area contributed by atoms with E-state index in [9.17, 15) is 9.90 Å². The molecule has 1 fully saturated rings. The smallest absolute Gasteiger partial charge is 0.234 e. The highest BCUT2D eigenvalue weighted by Crippen LogP contribution is 2.49. The molecule has 27 heavy (non-hydrogen) atoms. The molecule has 1 heterocycles. The maximum Gasteiger partial charge on any atom is 0.234 e. The predicted molar refractivity (Wildman–Crippen MR) is 114 cm³/mol. The summed E-state index contributed by atoms with van der Waals surface area (Å²) in [6, 6.07) is 18.0. The Bertz CT molecular complexity index is 896. The number of amides is 1. The number of rotatable bonds is 4. The third-order valence-electron chi connectivity index (χ3n) is 5.30. The highest BCUT2D eigenvalue weighted by atomic mass is 32.2. The minimum Gasteiger partial charge on any atom is -0.388 e. The van der Waals surface area contributed by atoms with Crippen molar-refractivity contribution in [3.8, 4) is 0 Å². The van der Waals surface area contributed by atoms with Crippen LogP contribution in [-0.2, 0) is 11.2 Å². The molecule has 1 aliphatic carbocycles. The minimum absolute atomic E-state index is 0.0149. The van der Waals surface area contributed by atoms with Crippen LogP contribution in [0.2, 0.25) is 0 Å². The Labute approximate surface area is 169 Å². The van der Waals surface area contributed by atoms with Crippen LogP contribution in [0.25, 0.3) is 6.08 Å². The molecule has 1 aliphatic heterocycles. The van der Waals surface area contributed by atoms with Gasteiger partial charge in [0.05, 0.1) is 18.1 Å². The van der Waals surface area contributed by atoms with Crippen molar-refractivity contribution in [3.05, 3.63) is 77.4 Å². The first-order valence-corrected chi connectivity index (χ1v) is 10.4. The Morgan fingerprint density at radius 1 is 1.22 bits per heavy atom. The molecular weight excluding hydrogens is 374 g/mol. The van der Waals surface area contributed by atoms with Gasteiger partial charge in [0, 0.05) is 5.25 Å². The summed E-state index contributed by atoms with van der Waals surface area (Å²) < 4.78 is 0.621. The van der Waals surface area contributed by atoms with E-state index < -0.39 is 12.0 Å². The van der Waals surface area contributed by atoms with Gasteiger partial charge in [-0.25, -0.2) is 0 Å². The molecule has 2 aromatic rings. The highest BCUT2D eigenvalue weighted by Gasteiger charge is 2.48. The molecule has 1 saturated heterocycles. The first-order valence-electron chi connectivity index (χ1n) is 9.09. The van der Waals surface area contributed by atoms with Gasteiger partial charge in [-0.1, -0.05) is 97.7 Å².